The number of carbonyl (C=O) groups excluding carboxylic acids is 3. The van der Waals surface area contributed by atoms with Gasteiger partial charge in [0.15, 0.2) is 17.9 Å². The molecule has 6 atom stereocenters. The first-order valence-electron chi connectivity index (χ1n) is 15.4. The first-order valence-corrected chi connectivity index (χ1v) is 16.8. The number of phenolic OH excluding ortho intramolecular Hbond substituents is 2. The van der Waals surface area contributed by atoms with Gasteiger partial charge in [-0.2, -0.15) is 8.42 Å². The third kappa shape index (κ3) is 5.90. The molecule has 0 radical (unpaired) electrons. The lowest BCUT2D eigenvalue weighted by molar-refractivity contribution is -0.247. The number of Topliss-reactive ketones (excluding diaryl/α,β-unsaturated/α-hetero) is 1. The Morgan fingerprint density at radius 3 is 2.37 bits per heavy atom. The van der Waals surface area contributed by atoms with E-state index in [4.69, 9.17) is 24.1 Å². The summed E-state index contributed by atoms with van der Waals surface area (Å²) in [6.45, 7) is 2.20. The minimum Gasteiger partial charge on any atom is -0.507 e. The van der Waals surface area contributed by atoms with Gasteiger partial charge in [-0.1, -0.05) is 29.8 Å². The number of phenols is 2. The molecule has 0 aromatic heterocycles. The maximum Gasteiger partial charge on any atom is 0.297 e. The van der Waals surface area contributed by atoms with Crippen LogP contribution in [0.15, 0.2) is 47.4 Å². The van der Waals surface area contributed by atoms with Crippen molar-refractivity contribution in [2.45, 2.75) is 74.3 Å². The summed E-state index contributed by atoms with van der Waals surface area (Å²) in [5.74, 6) is -4.22. The number of benzene rings is 3. The first-order chi connectivity index (χ1) is 23.1. The monoisotopic (exact) mass is 697 g/mol. The quantitative estimate of drug-likeness (QED) is 0.130. The molecule has 6 rings (SSSR count). The number of nitrogens with two attached hydrogens (primary N) is 1. The number of ketones is 3. The first kappa shape index (κ1) is 34.6. The van der Waals surface area contributed by atoms with Crippen LogP contribution in [0.5, 0.6) is 17.2 Å². The molecule has 3 aliphatic rings. The van der Waals surface area contributed by atoms with Crippen molar-refractivity contribution in [1.29, 1.82) is 0 Å². The van der Waals surface area contributed by atoms with Crippen LogP contribution in [0.3, 0.4) is 0 Å². The molecule has 49 heavy (non-hydrogen) atoms. The Hall–Kier alpha value is -4.22. The summed E-state index contributed by atoms with van der Waals surface area (Å²) in [6.07, 6.45) is -5.86. The van der Waals surface area contributed by atoms with E-state index in [1.54, 1.807) is 26.0 Å². The molecule has 260 valence electrons. The van der Waals surface area contributed by atoms with Crippen LogP contribution in [-0.2, 0) is 35.0 Å². The van der Waals surface area contributed by atoms with Crippen molar-refractivity contribution in [3.05, 3.63) is 81.4 Å². The summed E-state index contributed by atoms with van der Waals surface area (Å²) in [6, 6.07) is 9.17. The van der Waals surface area contributed by atoms with Crippen molar-refractivity contribution in [3.8, 4) is 17.2 Å². The molecule has 1 aliphatic heterocycles. The van der Waals surface area contributed by atoms with Gasteiger partial charge in [-0.3, -0.25) is 18.6 Å². The lowest BCUT2D eigenvalue weighted by Crippen LogP contribution is -2.53. The largest absolute Gasteiger partial charge is 0.507 e. The maximum atomic E-state index is 13.9. The number of aryl methyl sites for hydroxylation is 1. The molecule has 1 heterocycles. The van der Waals surface area contributed by atoms with Crippen molar-refractivity contribution in [2.75, 3.05) is 13.7 Å². The van der Waals surface area contributed by atoms with Gasteiger partial charge in [-0.25, -0.2) is 0 Å². The fourth-order valence-corrected chi connectivity index (χ4v) is 7.51. The lowest BCUT2D eigenvalue weighted by Gasteiger charge is -2.42. The zero-order chi connectivity index (χ0) is 35.6. The Morgan fingerprint density at radius 2 is 1.71 bits per heavy atom. The minimum atomic E-state index is -4.43. The van der Waals surface area contributed by atoms with Crippen molar-refractivity contribution < 1.29 is 61.6 Å². The van der Waals surface area contributed by atoms with Crippen LogP contribution in [0, 0.1) is 6.92 Å². The van der Waals surface area contributed by atoms with E-state index in [0.717, 1.165) is 5.56 Å². The lowest BCUT2D eigenvalue weighted by atomic mass is 9.72. The average molecular weight is 698 g/mol. The number of aliphatic hydroxyl groups is 2. The van der Waals surface area contributed by atoms with Crippen LogP contribution in [-0.4, -0.2) is 90.1 Å². The fourth-order valence-electron chi connectivity index (χ4n) is 6.64. The molecular weight excluding hydrogens is 662 g/mol. The zero-order valence-corrected chi connectivity index (χ0v) is 27.5. The summed E-state index contributed by atoms with van der Waals surface area (Å²) in [5.41, 5.74) is 2.60. The molecule has 3 aromatic rings. The Labute approximate surface area is 281 Å². The molecule has 2 aliphatic carbocycles. The van der Waals surface area contributed by atoms with Crippen molar-refractivity contribution in [2.24, 2.45) is 5.73 Å². The highest BCUT2D eigenvalue weighted by atomic mass is 32.2. The average Bonchev–Trinajstić information content (AvgIpc) is 3.06. The van der Waals surface area contributed by atoms with E-state index in [1.807, 2.05) is 0 Å². The van der Waals surface area contributed by atoms with Crippen LogP contribution in [0.2, 0.25) is 0 Å². The van der Waals surface area contributed by atoms with E-state index in [2.05, 4.69) is 0 Å². The fraction of sp³-hybridized carbons (Fsp3) is 0.382. The van der Waals surface area contributed by atoms with Crippen LogP contribution >= 0.6 is 0 Å². The molecule has 1 saturated heterocycles. The van der Waals surface area contributed by atoms with Crippen LogP contribution < -0.4 is 10.5 Å². The Kier molecular flexibility index (Phi) is 8.90. The number of rotatable bonds is 8. The number of aromatic hydroxyl groups is 2. The van der Waals surface area contributed by atoms with Gasteiger partial charge < -0.3 is 40.4 Å². The second-order valence-corrected chi connectivity index (χ2v) is 14.1. The van der Waals surface area contributed by atoms with Gasteiger partial charge in [-0.05, 0) is 32.0 Å². The number of ether oxygens (including phenoxy) is 3. The van der Waals surface area contributed by atoms with E-state index in [9.17, 15) is 43.2 Å². The number of aliphatic hydroxyl groups excluding tert-OH is 1. The zero-order valence-electron chi connectivity index (χ0n) is 26.7. The highest BCUT2D eigenvalue weighted by Gasteiger charge is 2.50. The van der Waals surface area contributed by atoms with E-state index < -0.39 is 106 Å². The van der Waals surface area contributed by atoms with Gasteiger partial charge in [0.2, 0.25) is 5.78 Å². The standard InChI is InChI=1S/C34H35NO13S/c1-15-7-9-17(10-8-15)49(43,44)46-14-23(36)34(42)12-19-26(22(13-34)48-24-11-20(35)29(37)16(2)47-24)33(41)28-27(31(19)39)30(38)18-5-4-6-21(45-3)25(18)32(28)40/h4-10,16,20,22,24,29,37,39,41-42H,11-14,35H2,1-3H3. The predicted molar refractivity (Wildman–Crippen MR) is 169 cm³/mol. The smallest absolute Gasteiger partial charge is 0.297 e. The number of hydrogen-bond acceptors (Lipinski definition) is 14. The van der Waals surface area contributed by atoms with E-state index in [0.29, 0.717) is 0 Å². The van der Waals surface area contributed by atoms with Gasteiger partial charge >= 0.3 is 0 Å². The van der Waals surface area contributed by atoms with Gasteiger partial charge in [-0.15, -0.1) is 0 Å². The summed E-state index contributed by atoms with van der Waals surface area (Å²) in [4.78, 5) is 41.0. The molecule has 0 bridgehead atoms. The Bertz CT molecular complexity index is 1960. The third-order valence-corrected chi connectivity index (χ3v) is 10.6. The topological polar surface area (TPSA) is 229 Å². The summed E-state index contributed by atoms with van der Waals surface area (Å²) < 4.78 is 47.9. The molecule has 15 heteroatoms. The Balaban J connectivity index is 1.42. The Morgan fingerprint density at radius 1 is 1.04 bits per heavy atom. The number of hydrogen-bond donors (Lipinski definition) is 5. The summed E-state index contributed by atoms with van der Waals surface area (Å²) >= 11 is 0. The van der Waals surface area contributed by atoms with Gasteiger partial charge in [0.1, 0.15) is 29.5 Å². The third-order valence-electron chi connectivity index (χ3n) is 9.32. The second-order valence-electron chi connectivity index (χ2n) is 12.5. The number of fused-ring (bicyclic) bond motifs is 3. The van der Waals surface area contributed by atoms with Crippen LogP contribution in [0.4, 0.5) is 0 Å². The SMILES string of the molecule is COc1cccc2c1C(=O)c1c(O)c3c(c(O)c1C2=O)CC(O)(C(=O)COS(=O)(=O)c1ccc(C)cc1)CC3OC1CC(N)C(O)C(C)O1. The molecule has 6 N–H and O–H groups in total. The molecular formula is C34H35NO13S. The second kappa shape index (κ2) is 12.6. The van der Waals surface area contributed by atoms with Gasteiger partial charge in [0.05, 0.1) is 47.0 Å². The summed E-state index contributed by atoms with van der Waals surface area (Å²) in [7, 11) is -3.13. The number of carbonyl (C=O) groups is 3. The van der Waals surface area contributed by atoms with Gasteiger partial charge in [0.25, 0.3) is 10.1 Å². The van der Waals surface area contributed by atoms with E-state index in [1.165, 1.54) is 37.4 Å². The molecule has 0 saturated carbocycles. The van der Waals surface area contributed by atoms with E-state index >= 15 is 0 Å². The molecule has 14 nitrogen and oxygen atoms in total. The molecule has 1 fully saturated rings. The molecule has 6 unspecified atom stereocenters. The van der Waals surface area contributed by atoms with Gasteiger partial charge in [0, 0.05) is 42.0 Å². The highest BCUT2D eigenvalue weighted by molar-refractivity contribution is 7.86. The minimum absolute atomic E-state index is 0.0543. The normalized spacial score (nSPS) is 26.4. The molecule has 0 spiro atoms. The highest BCUT2D eigenvalue weighted by Crippen LogP contribution is 2.52. The van der Waals surface area contributed by atoms with Crippen LogP contribution in [0.1, 0.15) is 74.4 Å². The van der Waals surface area contributed by atoms with Crippen molar-refractivity contribution in [1.82, 2.24) is 0 Å². The van der Waals surface area contributed by atoms with E-state index in [-0.39, 0.29) is 39.3 Å². The molecule has 0 amide bonds. The number of methoxy groups -OCH3 is 1. The predicted octanol–water partition coefficient (Wildman–Crippen LogP) is 1.72. The van der Waals surface area contributed by atoms with Crippen molar-refractivity contribution >= 4 is 27.5 Å². The maximum absolute atomic E-state index is 13.9. The van der Waals surface area contributed by atoms with Crippen LogP contribution in [0.25, 0.3) is 0 Å². The molecule has 3 aromatic carbocycles. The van der Waals surface area contributed by atoms with Crippen molar-refractivity contribution in [3.63, 3.8) is 0 Å². The summed E-state index contributed by atoms with van der Waals surface area (Å²) in [5, 5.41) is 45.5.